The van der Waals surface area contributed by atoms with Crippen LogP contribution < -0.4 is 0 Å². The lowest BCUT2D eigenvalue weighted by molar-refractivity contribution is 0.358. The average Bonchev–Trinajstić information content (AvgIpc) is 1.98. The maximum Gasteiger partial charge on any atom is 0.109 e. The molecule has 0 aliphatic heterocycles. The Labute approximate surface area is 71.3 Å². The van der Waals surface area contributed by atoms with Gasteiger partial charge in [-0.05, 0) is 12.7 Å². The summed E-state index contributed by atoms with van der Waals surface area (Å²) in [6.45, 7) is 1.89. The van der Waals surface area contributed by atoms with Crippen LogP contribution in [0.25, 0.3) is 0 Å². The van der Waals surface area contributed by atoms with Crippen LogP contribution in [-0.4, -0.2) is 29.7 Å². The van der Waals surface area contributed by atoms with Crippen LogP contribution in [-0.2, 0) is 0 Å². The van der Waals surface area contributed by atoms with E-state index in [1.165, 1.54) is 0 Å². The molecule has 0 aromatic rings. The molecule has 1 atom stereocenters. The van der Waals surface area contributed by atoms with Crippen molar-refractivity contribution in [2.24, 2.45) is 0 Å². The van der Waals surface area contributed by atoms with E-state index in [9.17, 15) is 4.39 Å². The molecule has 0 rings (SSSR count). The lowest BCUT2D eigenvalue weighted by Crippen LogP contribution is -2.01. The molecule has 1 unspecified atom stereocenters. The van der Waals surface area contributed by atoms with Gasteiger partial charge in [-0.25, -0.2) is 4.39 Å². The Balaban J connectivity index is 2.89. The van der Waals surface area contributed by atoms with E-state index >= 15 is 0 Å². The van der Waals surface area contributed by atoms with E-state index in [0.717, 1.165) is 11.5 Å². The minimum atomic E-state index is -0.591. The first-order valence-electron chi connectivity index (χ1n) is 3.52. The van der Waals surface area contributed by atoms with Crippen LogP contribution in [0, 0.1) is 0 Å². The highest BCUT2D eigenvalue weighted by molar-refractivity contribution is 8.02. The summed E-state index contributed by atoms with van der Waals surface area (Å²) in [5.74, 6) is 2.90. The maximum atomic E-state index is 12.5. The highest BCUT2D eigenvalue weighted by atomic mass is 32.2. The minimum absolute atomic E-state index is 0.591. The van der Waals surface area contributed by atoms with Crippen LogP contribution in [0.3, 0.4) is 0 Å². The third-order valence-corrected chi connectivity index (χ3v) is 3.13. The van der Waals surface area contributed by atoms with Crippen LogP contribution in [0.1, 0.15) is 13.3 Å². The second kappa shape index (κ2) is 7.73. The van der Waals surface area contributed by atoms with Crippen molar-refractivity contribution in [3.8, 4) is 0 Å². The molecule has 0 N–H and O–H groups in total. The molecular formula is C7H15FS2. The summed E-state index contributed by atoms with van der Waals surface area (Å²) < 4.78 is 12.5. The quantitative estimate of drug-likeness (QED) is 0.579. The minimum Gasteiger partial charge on any atom is -0.247 e. The Bertz CT molecular complexity index is 68.6. The van der Waals surface area contributed by atoms with Gasteiger partial charge in [0.1, 0.15) is 6.17 Å². The second-order valence-corrected chi connectivity index (χ2v) is 4.21. The molecule has 0 heterocycles. The normalized spacial score (nSPS) is 13.5. The van der Waals surface area contributed by atoms with Gasteiger partial charge in [0.05, 0.1) is 0 Å². The fraction of sp³-hybridized carbons (Fsp3) is 1.00. The van der Waals surface area contributed by atoms with Crippen molar-refractivity contribution in [3.63, 3.8) is 0 Å². The van der Waals surface area contributed by atoms with Gasteiger partial charge < -0.3 is 0 Å². The van der Waals surface area contributed by atoms with Gasteiger partial charge in [-0.1, -0.05) is 6.92 Å². The smallest absolute Gasteiger partial charge is 0.109 e. The fourth-order valence-electron chi connectivity index (χ4n) is 0.471. The summed E-state index contributed by atoms with van der Waals surface area (Å²) >= 11 is 3.53. The number of alkyl halides is 1. The summed E-state index contributed by atoms with van der Waals surface area (Å²) in [7, 11) is 0. The van der Waals surface area contributed by atoms with Gasteiger partial charge in [0.15, 0.2) is 0 Å². The molecule has 0 saturated heterocycles. The fourth-order valence-corrected chi connectivity index (χ4v) is 2.27. The van der Waals surface area contributed by atoms with Crippen LogP contribution >= 0.6 is 23.5 Å². The SMILES string of the molecule is CCC(F)CSCCSC. The van der Waals surface area contributed by atoms with Crippen molar-refractivity contribution in [3.05, 3.63) is 0 Å². The number of halogens is 1. The summed E-state index contributed by atoms with van der Waals surface area (Å²) in [6.07, 6.45) is 2.14. The van der Waals surface area contributed by atoms with Crippen molar-refractivity contribution in [1.29, 1.82) is 0 Å². The molecule has 10 heavy (non-hydrogen) atoms. The zero-order valence-corrected chi connectivity index (χ0v) is 8.23. The zero-order chi connectivity index (χ0) is 7.82. The van der Waals surface area contributed by atoms with E-state index in [4.69, 9.17) is 0 Å². The zero-order valence-electron chi connectivity index (χ0n) is 6.60. The van der Waals surface area contributed by atoms with E-state index in [0.29, 0.717) is 12.2 Å². The lowest BCUT2D eigenvalue weighted by Gasteiger charge is -2.02. The number of hydrogen-bond donors (Lipinski definition) is 0. The van der Waals surface area contributed by atoms with Gasteiger partial charge in [-0.15, -0.1) is 0 Å². The Morgan fingerprint density at radius 3 is 2.60 bits per heavy atom. The summed E-state index contributed by atoms with van der Waals surface area (Å²) in [6, 6.07) is 0. The van der Waals surface area contributed by atoms with Gasteiger partial charge in [0, 0.05) is 17.3 Å². The van der Waals surface area contributed by atoms with Crippen molar-refractivity contribution in [2.75, 3.05) is 23.5 Å². The van der Waals surface area contributed by atoms with Gasteiger partial charge >= 0.3 is 0 Å². The highest BCUT2D eigenvalue weighted by Crippen LogP contribution is 2.09. The van der Waals surface area contributed by atoms with Crippen molar-refractivity contribution in [1.82, 2.24) is 0 Å². The molecule has 62 valence electrons. The maximum absolute atomic E-state index is 12.5. The highest BCUT2D eigenvalue weighted by Gasteiger charge is 2.01. The predicted octanol–water partition coefficient (Wildman–Crippen LogP) is 2.83. The molecular weight excluding hydrogens is 167 g/mol. The van der Waals surface area contributed by atoms with Gasteiger partial charge in [-0.3, -0.25) is 0 Å². The summed E-state index contributed by atoms with van der Waals surface area (Å²) in [4.78, 5) is 0. The van der Waals surface area contributed by atoms with Crippen LogP contribution in [0.4, 0.5) is 4.39 Å². The van der Waals surface area contributed by atoms with E-state index in [2.05, 4.69) is 6.26 Å². The molecule has 0 nitrogen and oxygen atoms in total. The molecule has 0 fully saturated rings. The van der Waals surface area contributed by atoms with Gasteiger partial charge in [0.2, 0.25) is 0 Å². The van der Waals surface area contributed by atoms with E-state index in [1.807, 2.05) is 18.7 Å². The topological polar surface area (TPSA) is 0 Å². The predicted molar refractivity (Wildman–Crippen MR) is 50.9 cm³/mol. The largest absolute Gasteiger partial charge is 0.247 e. The molecule has 0 amide bonds. The Hall–Kier alpha value is 0.630. The Morgan fingerprint density at radius 2 is 2.10 bits per heavy atom. The number of thioether (sulfide) groups is 2. The Morgan fingerprint density at radius 1 is 1.40 bits per heavy atom. The molecule has 0 aromatic heterocycles. The van der Waals surface area contributed by atoms with Crippen LogP contribution in [0.2, 0.25) is 0 Å². The van der Waals surface area contributed by atoms with Crippen LogP contribution in [0.15, 0.2) is 0 Å². The van der Waals surface area contributed by atoms with E-state index in [1.54, 1.807) is 11.8 Å². The molecule has 0 saturated carbocycles. The first kappa shape index (κ1) is 10.6. The molecule has 0 aliphatic rings. The van der Waals surface area contributed by atoms with E-state index in [-0.39, 0.29) is 0 Å². The molecule has 3 heteroatoms. The van der Waals surface area contributed by atoms with Crippen molar-refractivity contribution in [2.45, 2.75) is 19.5 Å². The van der Waals surface area contributed by atoms with Crippen molar-refractivity contribution >= 4 is 23.5 Å². The molecule has 0 radical (unpaired) electrons. The van der Waals surface area contributed by atoms with Crippen LogP contribution in [0.5, 0.6) is 0 Å². The van der Waals surface area contributed by atoms with Crippen molar-refractivity contribution < 1.29 is 4.39 Å². The summed E-state index contributed by atoms with van der Waals surface area (Å²) in [5, 5.41) is 0. The number of hydrogen-bond acceptors (Lipinski definition) is 2. The first-order valence-corrected chi connectivity index (χ1v) is 6.06. The van der Waals surface area contributed by atoms with Gasteiger partial charge in [-0.2, -0.15) is 23.5 Å². The average molecular weight is 182 g/mol. The molecule has 0 aromatic carbocycles. The molecule has 0 spiro atoms. The standard InChI is InChI=1S/C7H15FS2/c1-3-7(8)6-10-5-4-9-2/h7H,3-6H2,1-2H3. The Kier molecular flexibility index (Phi) is 8.22. The molecule has 0 aliphatic carbocycles. The van der Waals surface area contributed by atoms with Gasteiger partial charge in [0.25, 0.3) is 0 Å². The van der Waals surface area contributed by atoms with E-state index < -0.39 is 6.17 Å². The number of rotatable bonds is 6. The second-order valence-electron chi connectivity index (χ2n) is 2.07. The third kappa shape index (κ3) is 6.75. The monoisotopic (exact) mass is 182 g/mol. The first-order chi connectivity index (χ1) is 4.81. The lowest BCUT2D eigenvalue weighted by atomic mass is 10.3. The third-order valence-electron chi connectivity index (χ3n) is 1.17. The molecule has 0 bridgehead atoms. The summed E-state index contributed by atoms with van der Waals surface area (Å²) in [5.41, 5.74) is 0.